The Hall–Kier alpha value is -5.31. The SMILES string of the molecule is CC1CCC2C3NC4NC(NC5NC(NC6NC(NC(N3)C2C1)C1CCCCC61)C1CCCCC51)C1CCCCC41.CCc1c2[nH]c(c1CC)C=c1[nH]c(c(CC)c1CC)=C(OCCCCCC(=O)ON1C(=O)CCC1=O)c1[nH]c(c(CC)c1CC)C=c1[nH]c(c(CC)c1CC)=C2. The van der Waals surface area contributed by atoms with Crippen molar-refractivity contribution in [1.82, 2.24) is 67.5 Å². The van der Waals surface area contributed by atoms with E-state index in [-0.39, 0.29) is 19.3 Å². The molecule has 4 aliphatic carbocycles. The Balaban J connectivity index is 0.000000173. The van der Waals surface area contributed by atoms with Gasteiger partial charge in [0.1, 0.15) is 0 Å². The molecule has 0 aromatic carbocycles. The number of nitrogens with zero attached hydrogens (tertiary/aromatic N) is 1. The number of H-pyrrole nitrogens is 4. The third-order valence-corrected chi connectivity index (χ3v) is 25.8. The van der Waals surface area contributed by atoms with Gasteiger partial charge in [-0.3, -0.25) is 52.1 Å². The van der Waals surface area contributed by atoms with Crippen molar-refractivity contribution in [2.24, 2.45) is 53.3 Å². The Bertz CT molecular complexity index is 3730. The summed E-state index contributed by atoms with van der Waals surface area (Å²) < 4.78 is 6.92. The van der Waals surface area contributed by atoms with Crippen LogP contribution in [0.15, 0.2) is 0 Å². The lowest BCUT2D eigenvalue weighted by atomic mass is 9.74. The highest BCUT2D eigenvalue weighted by atomic mass is 16.7. The van der Waals surface area contributed by atoms with Crippen LogP contribution in [0.1, 0.15) is 264 Å². The molecule has 7 aliphatic heterocycles. The summed E-state index contributed by atoms with van der Waals surface area (Å²) in [6, 6.07) is 0. The fourth-order valence-corrected chi connectivity index (χ4v) is 21.2. The van der Waals surface area contributed by atoms with Crippen molar-refractivity contribution in [2.75, 3.05) is 6.61 Å². The zero-order valence-electron chi connectivity index (χ0n) is 60.2. The normalized spacial score (nSPS) is 32.7. The summed E-state index contributed by atoms with van der Waals surface area (Å²) in [5.74, 6) is 6.07. The Labute approximate surface area is 576 Å². The quantitative estimate of drug-likeness (QED) is 0.0373. The lowest BCUT2D eigenvalue weighted by molar-refractivity contribution is -0.197. The van der Waals surface area contributed by atoms with E-state index >= 15 is 0 Å². The number of ether oxygens (including phenoxy) is 1. The number of imide groups is 1. The second kappa shape index (κ2) is 30.1. The van der Waals surface area contributed by atoms with Crippen molar-refractivity contribution >= 4 is 41.8 Å². The topological polar surface area (TPSA) is 232 Å². The van der Waals surface area contributed by atoms with Gasteiger partial charge in [-0.2, -0.15) is 0 Å². The van der Waals surface area contributed by atoms with Crippen LogP contribution in [0, 0.1) is 53.3 Å². The molecule has 17 atom stereocenters. The predicted molar refractivity (Wildman–Crippen MR) is 383 cm³/mol. The molecule has 10 fully saturated rings. The number of unbranched alkanes of at least 4 members (excludes halogenated alkanes) is 2. The molecule has 11 aliphatic rings. The second-order valence-corrected chi connectivity index (χ2v) is 31.1. The highest BCUT2D eigenvalue weighted by Gasteiger charge is 2.55. The number of carbonyl (C=O) groups excluding carboxylic acids is 3. The van der Waals surface area contributed by atoms with E-state index in [0.717, 1.165) is 150 Å². The van der Waals surface area contributed by atoms with E-state index in [2.05, 4.69) is 143 Å². The van der Waals surface area contributed by atoms with Gasteiger partial charge in [-0.25, -0.2) is 4.79 Å². The van der Waals surface area contributed by atoms with Gasteiger partial charge in [-0.1, -0.05) is 107 Å². The molecule has 16 bridgehead atoms. The number of hydroxylamine groups is 2. The maximum atomic E-state index is 12.4. The molecular formula is C79H119N13O5. The van der Waals surface area contributed by atoms with E-state index in [9.17, 15) is 14.4 Å². The van der Waals surface area contributed by atoms with Crippen molar-refractivity contribution in [3.63, 3.8) is 0 Å². The van der Waals surface area contributed by atoms with Gasteiger partial charge in [0.2, 0.25) is 0 Å². The third-order valence-electron chi connectivity index (χ3n) is 25.8. The largest absolute Gasteiger partial charge is 0.489 e. The number of carbonyl (C=O) groups is 3. The van der Waals surface area contributed by atoms with E-state index in [4.69, 9.17) is 9.57 Å². The van der Waals surface area contributed by atoms with E-state index in [1.54, 1.807) is 0 Å². The van der Waals surface area contributed by atoms with Crippen LogP contribution >= 0.6 is 0 Å². The Morgan fingerprint density at radius 1 is 0.412 bits per heavy atom. The van der Waals surface area contributed by atoms with Crippen LogP contribution in [0.25, 0.3) is 24.0 Å². The Morgan fingerprint density at radius 2 is 0.784 bits per heavy atom. The highest BCUT2D eigenvalue weighted by molar-refractivity contribution is 6.01. The molecule has 4 saturated carbocycles. The molecule has 11 heterocycles. The van der Waals surface area contributed by atoms with Crippen LogP contribution in [0.5, 0.6) is 0 Å². The van der Waals surface area contributed by atoms with E-state index in [0.29, 0.717) is 73.8 Å². The number of aromatic nitrogens is 4. The number of rotatable bonds is 16. The minimum absolute atomic E-state index is 0.0829. The number of amides is 2. The third kappa shape index (κ3) is 13.4. The standard InChI is InChI=1S/C46H61N5O5.C33H58N8/c1-9-27-29(11-3)37-25-39-31(13-5)33(15-7)44(49-39)46(55-23-19-17-18-20-43(54)56-51-41(52)21-22-42(51)53)45-34(16-8)32(14-6)40(50-45)26-38-30(12-4)28(10-2)36(48-38)24-35(27)47-37;1-17-14-15-24-25(16-17)33-40-31-23-13-7-6-12-22(23)29(38-31)36-27-19-9-3-2-8-18(19)26(34-27)35-28-20-10-4-5-11-21(20)30(37-28)39-32(24)41-33/h24-26,47-50H,9-23H2,1-8H3;17-41H,2-16H2,1H3. The zero-order chi connectivity index (χ0) is 67.2. The molecule has 0 radical (unpaired) electrons. The number of hydrogen-bond donors (Lipinski definition) is 12. The molecule has 530 valence electrons. The molecule has 15 rings (SSSR count). The average molecular weight is 1330 g/mol. The molecule has 12 N–H and O–H groups in total. The van der Waals surface area contributed by atoms with Crippen LogP contribution in [0.4, 0.5) is 0 Å². The lowest BCUT2D eigenvalue weighted by Gasteiger charge is -2.36. The summed E-state index contributed by atoms with van der Waals surface area (Å²) in [5, 5.41) is 38.9. The molecular weight excluding hydrogens is 1210 g/mol. The molecule has 17 unspecified atom stereocenters. The van der Waals surface area contributed by atoms with E-state index < -0.39 is 17.8 Å². The van der Waals surface area contributed by atoms with Gasteiger partial charge < -0.3 is 29.5 Å². The average Bonchev–Trinajstić information content (AvgIpc) is 1.62. The van der Waals surface area contributed by atoms with E-state index in [1.807, 2.05) is 0 Å². The van der Waals surface area contributed by atoms with E-state index in [1.165, 1.54) is 152 Å². The second-order valence-electron chi connectivity index (χ2n) is 31.1. The molecule has 18 heteroatoms. The van der Waals surface area contributed by atoms with Crippen LogP contribution < -0.4 is 63.9 Å². The minimum Gasteiger partial charge on any atom is -0.489 e. The fraction of sp³-hybridized carbons (Fsp3) is 0.709. The van der Waals surface area contributed by atoms with Crippen LogP contribution in [-0.4, -0.2) is 98.7 Å². The van der Waals surface area contributed by atoms with Crippen LogP contribution in [-0.2, 0) is 75.3 Å². The zero-order valence-corrected chi connectivity index (χ0v) is 60.2. The van der Waals surface area contributed by atoms with Gasteiger partial charge in [-0.05, 0) is 238 Å². The summed E-state index contributed by atoms with van der Waals surface area (Å²) in [4.78, 5) is 56.8. The predicted octanol–water partition coefficient (Wildman–Crippen LogP) is 8.49. The highest BCUT2D eigenvalue weighted by Crippen LogP contribution is 2.47. The minimum atomic E-state index is -0.568. The van der Waals surface area contributed by atoms with Gasteiger partial charge in [0.15, 0.2) is 5.76 Å². The molecule has 97 heavy (non-hydrogen) atoms. The Kier molecular flexibility index (Phi) is 21.3. The molecule has 4 aromatic rings. The van der Waals surface area contributed by atoms with Crippen molar-refractivity contribution in [2.45, 2.75) is 298 Å². The first-order valence-electron chi connectivity index (χ1n) is 39.5. The first-order chi connectivity index (χ1) is 47.3. The van der Waals surface area contributed by atoms with Crippen molar-refractivity contribution < 1.29 is 24.0 Å². The first-order valence-corrected chi connectivity index (χ1v) is 39.5. The molecule has 0 spiro atoms. The van der Waals surface area contributed by atoms with Gasteiger partial charge in [0.05, 0.1) is 67.0 Å². The summed E-state index contributed by atoms with van der Waals surface area (Å²) >= 11 is 0. The summed E-state index contributed by atoms with van der Waals surface area (Å²) in [5.41, 5.74) is 14.9. The molecule has 18 nitrogen and oxygen atoms in total. The van der Waals surface area contributed by atoms with Crippen molar-refractivity contribution in [1.29, 1.82) is 0 Å². The number of aromatic amines is 4. The molecule has 4 aromatic heterocycles. The van der Waals surface area contributed by atoms with Gasteiger partial charge >= 0.3 is 5.97 Å². The summed E-state index contributed by atoms with van der Waals surface area (Å²) in [7, 11) is 0. The van der Waals surface area contributed by atoms with Crippen LogP contribution in [0.2, 0.25) is 0 Å². The molecule has 6 saturated heterocycles. The van der Waals surface area contributed by atoms with Crippen LogP contribution in [0.3, 0.4) is 0 Å². The maximum absolute atomic E-state index is 12.4. The fourth-order valence-electron chi connectivity index (χ4n) is 21.2. The monoisotopic (exact) mass is 1330 g/mol. The van der Waals surface area contributed by atoms with Gasteiger partial charge in [0, 0.05) is 52.4 Å². The Morgan fingerprint density at radius 3 is 1.21 bits per heavy atom. The lowest BCUT2D eigenvalue weighted by Crippen LogP contribution is -2.61. The smallest absolute Gasteiger partial charge is 0.333 e. The summed E-state index contributed by atoms with van der Waals surface area (Å²) in [6.45, 7) is 20.8. The maximum Gasteiger partial charge on any atom is 0.333 e. The molecule has 2 amide bonds. The first kappa shape index (κ1) is 68.8. The number of fused-ring (bicyclic) bond motifs is 28. The summed E-state index contributed by atoms with van der Waals surface area (Å²) in [6.07, 6.45) is 40.5. The van der Waals surface area contributed by atoms with Gasteiger partial charge in [0.25, 0.3) is 11.8 Å². The number of hydrogen-bond acceptors (Lipinski definition) is 13. The van der Waals surface area contributed by atoms with Crippen molar-refractivity contribution in [3.05, 3.63) is 88.7 Å². The number of nitrogens with one attached hydrogen (secondary N) is 12. The van der Waals surface area contributed by atoms with Gasteiger partial charge in [-0.15, -0.1) is 5.06 Å². The van der Waals surface area contributed by atoms with Crippen molar-refractivity contribution in [3.8, 4) is 0 Å².